The van der Waals surface area contributed by atoms with Crippen molar-refractivity contribution in [1.82, 2.24) is 29.5 Å². The van der Waals surface area contributed by atoms with Crippen molar-refractivity contribution in [3.8, 4) is 0 Å². The van der Waals surface area contributed by atoms with Gasteiger partial charge in [-0.05, 0) is 52.4 Å². The molecule has 3 aliphatic heterocycles. The lowest BCUT2D eigenvalue weighted by Gasteiger charge is -2.36. The van der Waals surface area contributed by atoms with Crippen molar-refractivity contribution in [2.24, 2.45) is 5.92 Å². The Balaban J connectivity index is 1.40. The van der Waals surface area contributed by atoms with Crippen molar-refractivity contribution in [2.45, 2.75) is 77.8 Å². The first-order valence-electron chi connectivity index (χ1n) is 11.9. The van der Waals surface area contributed by atoms with Gasteiger partial charge in [0.15, 0.2) is 5.82 Å². The van der Waals surface area contributed by atoms with Crippen LogP contribution in [0.1, 0.15) is 76.5 Å². The Morgan fingerprint density at radius 3 is 2.43 bits per heavy atom. The Morgan fingerprint density at radius 1 is 0.933 bits per heavy atom. The summed E-state index contributed by atoms with van der Waals surface area (Å²) in [7, 11) is 0. The maximum atomic E-state index is 13.4. The summed E-state index contributed by atoms with van der Waals surface area (Å²) >= 11 is 0. The van der Waals surface area contributed by atoms with Gasteiger partial charge in [-0.1, -0.05) is 6.42 Å². The van der Waals surface area contributed by atoms with Crippen LogP contribution in [0.5, 0.6) is 0 Å². The molecule has 166 valence electrons. The van der Waals surface area contributed by atoms with Gasteiger partial charge in [0.2, 0.25) is 5.91 Å². The molecular weight excluding hydrogens is 380 g/mol. The van der Waals surface area contributed by atoms with E-state index in [1.165, 1.54) is 12.8 Å². The molecule has 2 fully saturated rings. The monoisotopic (exact) mass is 416 g/mol. The lowest BCUT2D eigenvalue weighted by atomic mass is 9.95. The van der Waals surface area contributed by atoms with Crippen LogP contribution in [0.15, 0.2) is 0 Å². The number of hydrogen-bond donors (Lipinski definition) is 0. The second-order valence-electron chi connectivity index (χ2n) is 8.84. The number of aryl methyl sites for hydroxylation is 1. The molecule has 3 aliphatic rings. The predicted octanol–water partition coefficient (Wildman–Crippen LogP) is 2.84. The van der Waals surface area contributed by atoms with Gasteiger partial charge in [-0.3, -0.25) is 4.79 Å². The van der Waals surface area contributed by atoms with Gasteiger partial charge >= 0.3 is 6.03 Å². The highest BCUT2D eigenvalue weighted by Gasteiger charge is 2.38. The molecule has 8 nitrogen and oxygen atoms in total. The summed E-state index contributed by atoms with van der Waals surface area (Å²) in [5.74, 6) is 2.34. The number of nitrogens with zero attached hydrogens (tertiary/aromatic N) is 6. The third kappa shape index (κ3) is 4.05. The van der Waals surface area contributed by atoms with Crippen molar-refractivity contribution in [1.29, 1.82) is 0 Å². The molecule has 0 bridgehead atoms. The third-order valence-electron chi connectivity index (χ3n) is 7.12. The van der Waals surface area contributed by atoms with Crippen LogP contribution in [0.25, 0.3) is 0 Å². The molecule has 1 aromatic heterocycles. The molecule has 0 saturated carbocycles. The van der Waals surface area contributed by atoms with Gasteiger partial charge in [-0.2, -0.15) is 0 Å². The maximum Gasteiger partial charge on any atom is 0.319 e. The molecule has 1 unspecified atom stereocenters. The standard InChI is InChI=1S/C22H36N6O2/c1-3-25(4-2)22(30)26-15-11-17(12-16-26)21(29)27-14-8-9-18(27)20-24-23-19-10-6-5-7-13-28(19)20/h17-18H,3-16H2,1-2H3. The van der Waals surface area contributed by atoms with Crippen LogP contribution in [0.4, 0.5) is 4.79 Å². The molecule has 0 N–H and O–H groups in total. The summed E-state index contributed by atoms with van der Waals surface area (Å²) in [4.78, 5) is 31.9. The topological polar surface area (TPSA) is 74.6 Å². The van der Waals surface area contributed by atoms with E-state index in [2.05, 4.69) is 19.7 Å². The Bertz CT molecular complexity index is 751. The highest BCUT2D eigenvalue weighted by molar-refractivity contribution is 5.80. The smallest absolute Gasteiger partial charge is 0.319 e. The molecule has 2 saturated heterocycles. The molecular formula is C22H36N6O2. The zero-order chi connectivity index (χ0) is 21.1. The van der Waals surface area contributed by atoms with E-state index in [-0.39, 0.29) is 23.9 Å². The summed E-state index contributed by atoms with van der Waals surface area (Å²) < 4.78 is 2.29. The van der Waals surface area contributed by atoms with E-state index in [0.717, 1.165) is 76.4 Å². The van der Waals surface area contributed by atoms with E-state index in [9.17, 15) is 9.59 Å². The van der Waals surface area contributed by atoms with Gasteiger partial charge in [0.05, 0.1) is 6.04 Å². The number of piperidine rings is 1. The number of carbonyl (C=O) groups excluding carboxylic acids is 2. The molecule has 0 aliphatic carbocycles. The van der Waals surface area contributed by atoms with Crippen LogP contribution in [-0.2, 0) is 17.8 Å². The number of rotatable bonds is 4. The van der Waals surface area contributed by atoms with Crippen LogP contribution >= 0.6 is 0 Å². The molecule has 0 aromatic carbocycles. The summed E-state index contributed by atoms with van der Waals surface area (Å²) in [5.41, 5.74) is 0. The molecule has 3 amide bonds. The van der Waals surface area contributed by atoms with Gasteiger partial charge in [-0.25, -0.2) is 4.79 Å². The van der Waals surface area contributed by atoms with Crippen molar-refractivity contribution in [3.63, 3.8) is 0 Å². The first kappa shape index (κ1) is 21.1. The average molecular weight is 417 g/mol. The van der Waals surface area contributed by atoms with Crippen LogP contribution < -0.4 is 0 Å². The van der Waals surface area contributed by atoms with Gasteiger partial charge in [-0.15, -0.1) is 10.2 Å². The van der Waals surface area contributed by atoms with Crippen LogP contribution in [0.3, 0.4) is 0 Å². The molecule has 1 atom stereocenters. The summed E-state index contributed by atoms with van der Waals surface area (Å²) in [6.45, 7) is 8.60. The molecule has 4 rings (SSSR count). The minimum Gasteiger partial charge on any atom is -0.332 e. The van der Waals surface area contributed by atoms with Gasteiger partial charge < -0.3 is 19.3 Å². The number of carbonyl (C=O) groups is 2. The number of likely N-dealkylation sites (tertiary alicyclic amines) is 2. The fourth-order valence-electron chi connectivity index (χ4n) is 5.30. The SMILES string of the molecule is CCN(CC)C(=O)N1CCC(C(=O)N2CCCC2c2nnc3n2CCCCC3)CC1. The maximum absolute atomic E-state index is 13.4. The highest BCUT2D eigenvalue weighted by Crippen LogP contribution is 2.35. The fraction of sp³-hybridized carbons (Fsp3) is 0.818. The Kier molecular flexibility index (Phi) is 6.58. The predicted molar refractivity (Wildman–Crippen MR) is 114 cm³/mol. The number of aromatic nitrogens is 3. The van der Waals surface area contributed by atoms with Gasteiger partial charge in [0.1, 0.15) is 5.82 Å². The molecule has 4 heterocycles. The van der Waals surface area contributed by atoms with Crippen molar-refractivity contribution < 1.29 is 9.59 Å². The van der Waals surface area contributed by atoms with E-state index < -0.39 is 0 Å². The first-order chi connectivity index (χ1) is 14.6. The molecule has 0 spiro atoms. The van der Waals surface area contributed by atoms with Gasteiger partial charge in [0, 0.05) is 51.6 Å². The van der Waals surface area contributed by atoms with Crippen LogP contribution in [0, 0.1) is 5.92 Å². The Morgan fingerprint density at radius 2 is 1.70 bits per heavy atom. The molecule has 0 radical (unpaired) electrons. The van der Waals surface area contributed by atoms with Crippen molar-refractivity contribution in [2.75, 3.05) is 32.7 Å². The van der Waals surface area contributed by atoms with E-state index in [1.807, 2.05) is 23.6 Å². The van der Waals surface area contributed by atoms with Crippen molar-refractivity contribution >= 4 is 11.9 Å². The van der Waals surface area contributed by atoms with E-state index in [4.69, 9.17) is 0 Å². The average Bonchev–Trinajstić information content (AvgIpc) is 3.34. The largest absolute Gasteiger partial charge is 0.332 e. The molecule has 1 aromatic rings. The summed E-state index contributed by atoms with van der Waals surface area (Å²) in [5, 5.41) is 8.99. The fourth-order valence-corrected chi connectivity index (χ4v) is 5.30. The molecule has 8 heteroatoms. The second kappa shape index (κ2) is 9.35. The van der Waals surface area contributed by atoms with Crippen molar-refractivity contribution in [3.05, 3.63) is 11.6 Å². The number of urea groups is 1. The summed E-state index contributed by atoms with van der Waals surface area (Å²) in [6.07, 6.45) is 8.09. The summed E-state index contributed by atoms with van der Waals surface area (Å²) in [6, 6.07) is 0.170. The third-order valence-corrected chi connectivity index (χ3v) is 7.12. The normalized spacial score (nSPS) is 22.7. The van der Waals surface area contributed by atoms with E-state index >= 15 is 0 Å². The van der Waals surface area contributed by atoms with Gasteiger partial charge in [0.25, 0.3) is 0 Å². The lowest BCUT2D eigenvalue weighted by Crippen LogP contribution is -2.49. The van der Waals surface area contributed by atoms with E-state index in [1.54, 1.807) is 0 Å². The first-order valence-corrected chi connectivity index (χ1v) is 11.9. The zero-order valence-corrected chi connectivity index (χ0v) is 18.6. The number of amides is 3. The lowest BCUT2D eigenvalue weighted by molar-refractivity contribution is -0.138. The number of hydrogen-bond acceptors (Lipinski definition) is 4. The molecule has 30 heavy (non-hydrogen) atoms. The van der Waals surface area contributed by atoms with E-state index in [0.29, 0.717) is 13.1 Å². The van der Waals surface area contributed by atoms with Crippen LogP contribution in [0.2, 0.25) is 0 Å². The quantitative estimate of drug-likeness (QED) is 0.756. The Hall–Kier alpha value is -2.12. The van der Waals surface area contributed by atoms with Crippen LogP contribution in [-0.4, -0.2) is 74.1 Å². The number of fused-ring (bicyclic) bond motifs is 1. The second-order valence-corrected chi connectivity index (χ2v) is 8.84. The Labute approximate surface area is 179 Å². The highest BCUT2D eigenvalue weighted by atomic mass is 16.2. The zero-order valence-electron chi connectivity index (χ0n) is 18.6. The minimum atomic E-state index is 0.0119. The minimum absolute atomic E-state index is 0.0119.